The number of hydrogen-bond donors (Lipinski definition) is 1. The Labute approximate surface area is 128 Å². The van der Waals surface area contributed by atoms with Crippen molar-refractivity contribution >= 4 is 10.1 Å². The second-order valence-electron chi connectivity index (χ2n) is 5.23. The standard InChI is InChI=1S/C15H25NO3S.H2O/c17-20(18,19)15-11-6-4-2-1-3-5-8-12-16-13-9-7-10-14-16;/h7,9-10,13-14H,1-6,8,11-12,15H2;1H2. The first-order valence-corrected chi connectivity index (χ1v) is 9.08. The maximum Gasteiger partial charge on any atom is 0.264 e. The fraction of sp³-hybridized carbons (Fsp3) is 0.667. The van der Waals surface area contributed by atoms with Gasteiger partial charge in [-0.3, -0.25) is 4.55 Å². The number of aromatic nitrogens is 1. The second-order valence-corrected chi connectivity index (χ2v) is 6.80. The smallest absolute Gasteiger partial charge is 0.264 e. The number of rotatable bonds is 11. The van der Waals surface area contributed by atoms with Crippen LogP contribution in [0, 0.1) is 0 Å². The van der Waals surface area contributed by atoms with Gasteiger partial charge in [-0.05, 0) is 12.8 Å². The molecule has 21 heavy (non-hydrogen) atoms. The van der Waals surface area contributed by atoms with Gasteiger partial charge in [0.2, 0.25) is 0 Å². The predicted molar refractivity (Wildman–Crippen MR) is 81.9 cm³/mol. The van der Waals surface area contributed by atoms with Crippen LogP contribution in [0.2, 0.25) is 0 Å². The third-order valence-corrected chi connectivity index (χ3v) is 4.15. The number of pyridine rings is 1. The molecule has 0 aliphatic heterocycles. The normalized spacial score (nSPS) is 11.1. The molecule has 1 heterocycles. The molecule has 6 heteroatoms. The monoisotopic (exact) mass is 317 g/mol. The fourth-order valence-corrected chi connectivity index (χ4v) is 2.79. The van der Waals surface area contributed by atoms with Gasteiger partial charge in [-0.15, -0.1) is 0 Å². The maximum atomic E-state index is 10.5. The van der Waals surface area contributed by atoms with E-state index in [0.717, 1.165) is 25.8 Å². The predicted octanol–water partition coefficient (Wildman–Crippen LogP) is 2.81. The van der Waals surface area contributed by atoms with E-state index in [4.69, 9.17) is 4.55 Å². The molecule has 1 aromatic rings. The van der Waals surface area contributed by atoms with Gasteiger partial charge in [0.25, 0.3) is 10.1 Å². The molecule has 0 spiro atoms. The molecule has 0 aliphatic rings. The maximum absolute atomic E-state index is 10.5. The van der Waals surface area contributed by atoms with Crippen molar-refractivity contribution < 1.29 is 23.0 Å². The van der Waals surface area contributed by atoms with Crippen LogP contribution in [0.15, 0.2) is 30.6 Å². The van der Waals surface area contributed by atoms with Crippen LogP contribution >= 0.6 is 0 Å². The quantitative estimate of drug-likeness (QED) is 0.386. The summed E-state index contributed by atoms with van der Waals surface area (Å²) in [5.41, 5.74) is 0. The van der Waals surface area contributed by atoms with E-state index in [-0.39, 0.29) is 11.2 Å². The molecule has 1 aromatic heterocycles. The largest absolute Gasteiger partial charge is 0.870 e. The highest BCUT2D eigenvalue weighted by Crippen LogP contribution is 2.09. The molecule has 0 bridgehead atoms. The van der Waals surface area contributed by atoms with E-state index < -0.39 is 10.1 Å². The van der Waals surface area contributed by atoms with Crippen molar-refractivity contribution in [3.63, 3.8) is 0 Å². The van der Waals surface area contributed by atoms with Crippen LogP contribution in [-0.2, 0) is 16.7 Å². The van der Waals surface area contributed by atoms with Crippen LogP contribution in [0.25, 0.3) is 0 Å². The molecule has 1 rings (SSSR count). The Morgan fingerprint density at radius 2 is 1.24 bits per heavy atom. The molecular weight excluding hydrogens is 290 g/mol. The van der Waals surface area contributed by atoms with Gasteiger partial charge in [0.1, 0.15) is 6.54 Å². The Hall–Kier alpha value is -0.980. The lowest BCUT2D eigenvalue weighted by Crippen LogP contribution is -2.32. The summed E-state index contributed by atoms with van der Waals surface area (Å²) in [6.45, 7) is 1.08. The Kier molecular flexibility index (Phi) is 11.1. The van der Waals surface area contributed by atoms with E-state index in [9.17, 15) is 8.42 Å². The lowest BCUT2D eigenvalue weighted by atomic mass is 10.1. The second kappa shape index (κ2) is 11.7. The summed E-state index contributed by atoms with van der Waals surface area (Å²) in [5.74, 6) is -0.0959. The molecule has 2 N–H and O–H groups in total. The Balaban J connectivity index is 0.00000400. The van der Waals surface area contributed by atoms with Crippen LogP contribution in [-0.4, -0.2) is 24.2 Å². The molecule has 0 unspecified atom stereocenters. The molecule has 0 aliphatic carbocycles. The van der Waals surface area contributed by atoms with E-state index in [1.165, 1.54) is 25.7 Å². The van der Waals surface area contributed by atoms with E-state index in [1.54, 1.807) is 0 Å². The van der Waals surface area contributed by atoms with E-state index in [0.29, 0.717) is 6.42 Å². The molecule has 5 nitrogen and oxygen atoms in total. The summed E-state index contributed by atoms with van der Waals surface area (Å²) >= 11 is 0. The zero-order valence-corrected chi connectivity index (χ0v) is 13.3. The molecular formula is C15H27NO4S. The highest BCUT2D eigenvalue weighted by atomic mass is 32.2. The molecule has 0 amide bonds. The van der Waals surface area contributed by atoms with Crippen molar-refractivity contribution in [2.24, 2.45) is 0 Å². The highest BCUT2D eigenvalue weighted by molar-refractivity contribution is 7.85. The van der Waals surface area contributed by atoms with Gasteiger partial charge in [-0.1, -0.05) is 38.2 Å². The zero-order valence-electron chi connectivity index (χ0n) is 12.5. The van der Waals surface area contributed by atoms with Gasteiger partial charge in [-0.2, -0.15) is 8.42 Å². The minimum absolute atomic E-state index is 0. The molecule has 0 saturated carbocycles. The minimum atomic E-state index is -3.76. The van der Waals surface area contributed by atoms with Crippen LogP contribution < -0.4 is 4.57 Å². The fourth-order valence-electron chi connectivity index (χ4n) is 2.22. The average Bonchev–Trinajstić information content (AvgIpc) is 2.41. The molecule has 122 valence electrons. The van der Waals surface area contributed by atoms with Gasteiger partial charge in [0, 0.05) is 18.6 Å². The first-order chi connectivity index (χ1) is 9.58. The first-order valence-electron chi connectivity index (χ1n) is 7.47. The summed E-state index contributed by atoms with van der Waals surface area (Å²) in [6.07, 6.45) is 12.8. The van der Waals surface area contributed by atoms with Gasteiger partial charge < -0.3 is 5.48 Å². The first kappa shape index (κ1) is 20.0. The summed E-state index contributed by atoms with van der Waals surface area (Å²) in [5, 5.41) is 0. The Bertz CT molecular complexity index is 448. The molecule has 0 fully saturated rings. The van der Waals surface area contributed by atoms with Gasteiger partial charge in [-0.25, -0.2) is 4.57 Å². The third-order valence-electron chi connectivity index (χ3n) is 3.35. The number of nitrogens with zero attached hydrogens (tertiary/aromatic N) is 1. The van der Waals surface area contributed by atoms with Crippen molar-refractivity contribution in [2.75, 3.05) is 5.75 Å². The molecule has 0 saturated heterocycles. The van der Waals surface area contributed by atoms with Gasteiger partial charge >= 0.3 is 0 Å². The lowest BCUT2D eigenvalue weighted by Gasteiger charge is -2.01. The summed E-state index contributed by atoms with van der Waals surface area (Å²) in [7, 11) is -3.76. The number of unbranched alkanes of at least 4 members (excludes halogenated alkanes) is 7. The molecule has 0 radical (unpaired) electrons. The van der Waals surface area contributed by atoms with E-state index in [2.05, 4.69) is 17.0 Å². The highest BCUT2D eigenvalue weighted by Gasteiger charge is 2.03. The topological polar surface area (TPSA) is 88.2 Å². The average molecular weight is 317 g/mol. The van der Waals surface area contributed by atoms with Crippen molar-refractivity contribution in [3.05, 3.63) is 30.6 Å². The van der Waals surface area contributed by atoms with Crippen molar-refractivity contribution in [2.45, 2.75) is 57.9 Å². The van der Waals surface area contributed by atoms with Crippen molar-refractivity contribution in [1.82, 2.24) is 0 Å². The lowest BCUT2D eigenvalue weighted by molar-refractivity contribution is -0.697. The SMILES string of the molecule is O=S(=O)(O)CCCCCCCCCC[n+]1ccccc1.[OH-]. The summed E-state index contributed by atoms with van der Waals surface area (Å²) < 4.78 is 31.8. The van der Waals surface area contributed by atoms with Crippen LogP contribution in [0.5, 0.6) is 0 Å². The van der Waals surface area contributed by atoms with E-state index in [1.807, 2.05) is 18.2 Å². The van der Waals surface area contributed by atoms with Gasteiger partial charge in [0.05, 0.1) is 5.75 Å². The summed E-state index contributed by atoms with van der Waals surface area (Å²) in [4.78, 5) is 0. The van der Waals surface area contributed by atoms with E-state index >= 15 is 0 Å². The Morgan fingerprint density at radius 1 is 0.762 bits per heavy atom. The molecule has 0 atom stereocenters. The van der Waals surface area contributed by atoms with Crippen LogP contribution in [0.3, 0.4) is 0 Å². The minimum Gasteiger partial charge on any atom is -0.870 e. The number of aryl methyl sites for hydroxylation is 1. The summed E-state index contributed by atoms with van der Waals surface area (Å²) in [6, 6.07) is 6.12. The van der Waals surface area contributed by atoms with Crippen molar-refractivity contribution in [3.8, 4) is 0 Å². The van der Waals surface area contributed by atoms with Crippen LogP contribution in [0.4, 0.5) is 0 Å². The Morgan fingerprint density at radius 3 is 1.76 bits per heavy atom. The van der Waals surface area contributed by atoms with Crippen molar-refractivity contribution in [1.29, 1.82) is 0 Å². The number of hydrogen-bond acceptors (Lipinski definition) is 3. The molecule has 0 aromatic carbocycles. The van der Waals surface area contributed by atoms with Crippen LogP contribution in [0.1, 0.15) is 51.4 Å². The zero-order chi connectivity index (χ0) is 14.7. The third kappa shape index (κ3) is 12.5. The van der Waals surface area contributed by atoms with Gasteiger partial charge in [0.15, 0.2) is 12.4 Å².